The van der Waals surface area contributed by atoms with Crippen molar-refractivity contribution in [2.24, 2.45) is 5.92 Å². The van der Waals surface area contributed by atoms with Crippen molar-refractivity contribution in [1.29, 1.82) is 0 Å². The number of amides is 1. The molecule has 1 atom stereocenters. The van der Waals surface area contributed by atoms with E-state index in [1.807, 2.05) is 26.8 Å². The Balaban J connectivity index is 1.93. The second-order valence-electron chi connectivity index (χ2n) is 6.46. The van der Waals surface area contributed by atoms with E-state index in [0.717, 1.165) is 31.5 Å². The summed E-state index contributed by atoms with van der Waals surface area (Å²) in [5.74, 6) is 0.386. The Morgan fingerprint density at radius 3 is 2.95 bits per heavy atom. The first-order valence-corrected chi connectivity index (χ1v) is 7.66. The van der Waals surface area contributed by atoms with Gasteiger partial charge in [0.25, 0.3) is 0 Å². The van der Waals surface area contributed by atoms with Gasteiger partial charge in [0.15, 0.2) is 0 Å². The van der Waals surface area contributed by atoms with E-state index in [0.29, 0.717) is 12.5 Å². The fraction of sp³-hybridized carbons (Fsp3) is 0.667. The summed E-state index contributed by atoms with van der Waals surface area (Å²) < 4.78 is 5.44. The zero-order valence-electron chi connectivity index (χ0n) is 12.8. The molecule has 1 aromatic heterocycles. The summed E-state index contributed by atoms with van der Waals surface area (Å²) in [6.45, 7) is 7.12. The Labute approximate surface area is 130 Å². The summed E-state index contributed by atoms with van der Waals surface area (Å²) in [5, 5.41) is 0.271. The lowest BCUT2D eigenvalue weighted by Gasteiger charge is -2.34. The third-order valence-corrected chi connectivity index (χ3v) is 3.53. The number of nitrogens with zero attached hydrogens (tertiary/aromatic N) is 3. The minimum Gasteiger partial charge on any atom is -0.444 e. The summed E-state index contributed by atoms with van der Waals surface area (Å²) >= 11 is 5.81. The first-order valence-electron chi connectivity index (χ1n) is 7.29. The fourth-order valence-electron chi connectivity index (χ4n) is 2.50. The normalized spacial score (nSPS) is 19.4. The van der Waals surface area contributed by atoms with Crippen LogP contribution in [0.3, 0.4) is 0 Å². The maximum absolute atomic E-state index is 12.1. The van der Waals surface area contributed by atoms with Crippen LogP contribution in [0.5, 0.6) is 0 Å². The third-order valence-electron chi connectivity index (χ3n) is 3.35. The van der Waals surface area contributed by atoms with Crippen LogP contribution in [0.4, 0.5) is 4.79 Å². The van der Waals surface area contributed by atoms with Crippen molar-refractivity contribution in [3.8, 4) is 0 Å². The monoisotopic (exact) mass is 311 g/mol. The molecule has 5 nitrogen and oxygen atoms in total. The number of carbonyl (C=O) groups is 1. The maximum atomic E-state index is 12.1. The number of ether oxygens (including phenoxy) is 1. The van der Waals surface area contributed by atoms with Gasteiger partial charge in [-0.25, -0.2) is 14.8 Å². The summed E-state index contributed by atoms with van der Waals surface area (Å²) in [6, 6.07) is 1.87. The summed E-state index contributed by atoms with van der Waals surface area (Å²) in [6.07, 6.45) is 4.32. The topological polar surface area (TPSA) is 55.3 Å². The Hall–Kier alpha value is -1.36. The molecular formula is C15H22ClN3O2. The molecule has 6 heteroatoms. The first-order chi connectivity index (χ1) is 9.83. The van der Waals surface area contributed by atoms with E-state index < -0.39 is 5.60 Å². The minimum absolute atomic E-state index is 0.229. The average Bonchev–Trinajstić information content (AvgIpc) is 2.37. The van der Waals surface area contributed by atoms with Crippen LogP contribution < -0.4 is 0 Å². The molecule has 116 valence electrons. The highest BCUT2D eigenvalue weighted by atomic mass is 35.5. The average molecular weight is 312 g/mol. The highest BCUT2D eigenvalue weighted by Gasteiger charge is 2.27. The van der Waals surface area contributed by atoms with Crippen LogP contribution >= 0.6 is 11.6 Å². The predicted molar refractivity (Wildman–Crippen MR) is 81.3 cm³/mol. The maximum Gasteiger partial charge on any atom is 0.410 e. The van der Waals surface area contributed by atoms with Gasteiger partial charge < -0.3 is 9.64 Å². The van der Waals surface area contributed by atoms with E-state index in [9.17, 15) is 4.79 Å². The largest absolute Gasteiger partial charge is 0.444 e. The molecule has 1 amide bonds. The molecular weight excluding hydrogens is 290 g/mol. The molecule has 0 aromatic carbocycles. The Morgan fingerprint density at radius 1 is 1.52 bits per heavy atom. The fourth-order valence-corrected chi connectivity index (χ4v) is 2.67. The van der Waals surface area contributed by atoms with Gasteiger partial charge in [-0.05, 0) is 63.6 Å². The quantitative estimate of drug-likeness (QED) is 0.786. The summed E-state index contributed by atoms with van der Waals surface area (Å²) in [5.41, 5.74) is 0.468. The van der Waals surface area contributed by atoms with Crippen LogP contribution in [-0.2, 0) is 11.2 Å². The number of likely N-dealkylation sites (tertiary alicyclic amines) is 1. The van der Waals surface area contributed by atoms with Crippen molar-refractivity contribution in [3.63, 3.8) is 0 Å². The van der Waals surface area contributed by atoms with Crippen LogP contribution in [0, 0.1) is 5.92 Å². The summed E-state index contributed by atoms with van der Waals surface area (Å²) in [7, 11) is 0. The number of piperidine rings is 1. The molecule has 2 rings (SSSR count). The van der Waals surface area contributed by atoms with E-state index in [1.54, 1.807) is 11.1 Å². The third kappa shape index (κ3) is 5.16. The lowest BCUT2D eigenvalue weighted by molar-refractivity contribution is 0.0165. The van der Waals surface area contributed by atoms with Crippen molar-refractivity contribution >= 4 is 17.7 Å². The highest BCUT2D eigenvalue weighted by Crippen LogP contribution is 2.22. The molecule has 1 saturated heterocycles. The SMILES string of the molecule is CC(C)(C)OC(=O)N1CCCC(Cc2ccnc(Cl)n2)C1. The van der Waals surface area contributed by atoms with Gasteiger partial charge in [0.1, 0.15) is 5.60 Å². The number of hydrogen-bond acceptors (Lipinski definition) is 4. The molecule has 0 bridgehead atoms. The minimum atomic E-state index is -0.454. The smallest absolute Gasteiger partial charge is 0.410 e. The van der Waals surface area contributed by atoms with Gasteiger partial charge in [-0.1, -0.05) is 0 Å². The molecule has 1 aliphatic rings. The Bertz CT molecular complexity index is 502. The highest BCUT2D eigenvalue weighted by molar-refractivity contribution is 6.28. The first kappa shape index (κ1) is 16.0. The van der Waals surface area contributed by atoms with Crippen molar-refractivity contribution in [3.05, 3.63) is 23.2 Å². The number of rotatable bonds is 2. The van der Waals surface area contributed by atoms with E-state index in [-0.39, 0.29) is 11.4 Å². The van der Waals surface area contributed by atoms with E-state index in [1.165, 1.54) is 0 Å². The Kier molecular flexibility index (Phi) is 5.04. The van der Waals surface area contributed by atoms with Gasteiger partial charge >= 0.3 is 6.09 Å². The molecule has 0 spiro atoms. The van der Waals surface area contributed by atoms with E-state index >= 15 is 0 Å². The van der Waals surface area contributed by atoms with Crippen molar-refractivity contribution < 1.29 is 9.53 Å². The Morgan fingerprint density at radius 2 is 2.29 bits per heavy atom. The number of hydrogen-bond donors (Lipinski definition) is 0. The second-order valence-corrected chi connectivity index (χ2v) is 6.79. The molecule has 0 aliphatic carbocycles. The van der Waals surface area contributed by atoms with Gasteiger partial charge in [0.2, 0.25) is 5.28 Å². The molecule has 1 aliphatic heterocycles. The number of aromatic nitrogens is 2. The molecule has 1 aromatic rings. The predicted octanol–water partition coefficient (Wildman–Crippen LogP) is 3.32. The van der Waals surface area contributed by atoms with Gasteiger partial charge in [0, 0.05) is 25.0 Å². The second kappa shape index (κ2) is 6.60. The van der Waals surface area contributed by atoms with Crippen LogP contribution in [0.25, 0.3) is 0 Å². The molecule has 0 radical (unpaired) electrons. The molecule has 0 N–H and O–H groups in total. The lowest BCUT2D eigenvalue weighted by Crippen LogP contribution is -2.43. The van der Waals surface area contributed by atoms with Crippen molar-refractivity contribution in [2.45, 2.75) is 45.6 Å². The zero-order chi connectivity index (χ0) is 15.5. The number of carbonyl (C=O) groups excluding carboxylic acids is 1. The molecule has 2 heterocycles. The van der Waals surface area contributed by atoms with E-state index in [4.69, 9.17) is 16.3 Å². The molecule has 1 unspecified atom stereocenters. The summed E-state index contributed by atoms with van der Waals surface area (Å²) in [4.78, 5) is 22.0. The van der Waals surface area contributed by atoms with Crippen LogP contribution in [-0.4, -0.2) is 39.7 Å². The van der Waals surface area contributed by atoms with Crippen LogP contribution in [0.1, 0.15) is 39.3 Å². The molecule has 0 saturated carbocycles. The standard InChI is InChI=1S/C15H22ClN3O2/c1-15(2,3)21-14(20)19-8-4-5-11(10-19)9-12-6-7-17-13(16)18-12/h6-7,11H,4-5,8-10H2,1-3H3. The molecule has 1 fully saturated rings. The lowest BCUT2D eigenvalue weighted by atomic mass is 9.93. The van der Waals surface area contributed by atoms with Crippen molar-refractivity contribution in [2.75, 3.05) is 13.1 Å². The van der Waals surface area contributed by atoms with Gasteiger partial charge in [0.05, 0.1) is 0 Å². The van der Waals surface area contributed by atoms with Crippen LogP contribution in [0.2, 0.25) is 5.28 Å². The number of halogens is 1. The molecule has 21 heavy (non-hydrogen) atoms. The van der Waals surface area contributed by atoms with Gasteiger partial charge in [-0.3, -0.25) is 0 Å². The van der Waals surface area contributed by atoms with E-state index in [2.05, 4.69) is 9.97 Å². The van der Waals surface area contributed by atoms with Crippen LogP contribution in [0.15, 0.2) is 12.3 Å². The van der Waals surface area contributed by atoms with Crippen molar-refractivity contribution in [1.82, 2.24) is 14.9 Å². The van der Waals surface area contributed by atoms with Gasteiger partial charge in [-0.2, -0.15) is 0 Å². The van der Waals surface area contributed by atoms with Gasteiger partial charge in [-0.15, -0.1) is 0 Å². The zero-order valence-corrected chi connectivity index (χ0v) is 13.6.